The second-order valence-electron chi connectivity index (χ2n) is 5.23. The number of aryl methyl sites for hydroxylation is 2. The van der Waals surface area contributed by atoms with Gasteiger partial charge in [0.15, 0.2) is 0 Å². The molecule has 1 aromatic heterocycles. The second-order valence-corrected chi connectivity index (χ2v) is 5.23. The molecule has 2 rings (SSSR count). The van der Waals surface area contributed by atoms with Gasteiger partial charge in [0.1, 0.15) is 18.3 Å². The fraction of sp³-hybridized carbons (Fsp3) is 0.615. The lowest BCUT2D eigenvalue weighted by atomic mass is 10.0. The Hall–Kier alpha value is -1.85. The molecule has 19 heavy (non-hydrogen) atoms. The van der Waals surface area contributed by atoms with Crippen LogP contribution in [0.3, 0.4) is 0 Å². The zero-order valence-electron chi connectivity index (χ0n) is 11.7. The molecule has 1 aliphatic rings. The largest absolute Gasteiger partial charge is 0.444 e. The van der Waals surface area contributed by atoms with Gasteiger partial charge in [0.05, 0.1) is 12.2 Å². The van der Waals surface area contributed by atoms with Crippen molar-refractivity contribution in [3.8, 4) is 0 Å². The molecule has 1 fully saturated rings. The van der Waals surface area contributed by atoms with Gasteiger partial charge in [-0.2, -0.15) is 0 Å². The fourth-order valence-corrected chi connectivity index (χ4v) is 2.08. The van der Waals surface area contributed by atoms with Gasteiger partial charge in [-0.1, -0.05) is 13.8 Å². The number of rotatable bonds is 3. The quantitative estimate of drug-likeness (QED) is 0.876. The minimum absolute atomic E-state index is 0.0581. The van der Waals surface area contributed by atoms with Gasteiger partial charge in [0.2, 0.25) is 17.7 Å². The predicted octanol–water partition coefficient (Wildman–Crippen LogP) is 0.774. The van der Waals surface area contributed by atoms with Crippen molar-refractivity contribution in [3.05, 3.63) is 17.3 Å². The molecule has 1 N–H and O–H groups in total. The molecule has 0 aliphatic carbocycles. The molecule has 0 saturated carbocycles. The van der Waals surface area contributed by atoms with Crippen LogP contribution < -0.4 is 5.32 Å². The van der Waals surface area contributed by atoms with E-state index in [0.717, 1.165) is 11.5 Å². The van der Waals surface area contributed by atoms with Crippen LogP contribution in [0.4, 0.5) is 0 Å². The normalized spacial score (nSPS) is 20.1. The molecule has 0 radical (unpaired) electrons. The van der Waals surface area contributed by atoms with Crippen molar-refractivity contribution in [2.75, 3.05) is 6.54 Å². The van der Waals surface area contributed by atoms with Gasteiger partial charge in [0.25, 0.3) is 0 Å². The summed E-state index contributed by atoms with van der Waals surface area (Å²) in [6.07, 6.45) is 0. The zero-order chi connectivity index (χ0) is 14.2. The topological polar surface area (TPSA) is 75.4 Å². The van der Waals surface area contributed by atoms with Crippen molar-refractivity contribution in [3.63, 3.8) is 0 Å². The average molecular weight is 265 g/mol. The standard InChI is InChI=1S/C13H19N3O3/c1-7(2)12-13(18)16(5-10(17)15-12)6-11-14-8(3)9(4)19-11/h7,12H,5-6H2,1-4H3,(H,15,17). The van der Waals surface area contributed by atoms with Crippen LogP contribution in [-0.2, 0) is 16.1 Å². The summed E-state index contributed by atoms with van der Waals surface area (Å²) in [4.78, 5) is 29.6. The highest BCUT2D eigenvalue weighted by Crippen LogP contribution is 2.15. The number of amides is 2. The number of hydrogen-bond donors (Lipinski definition) is 1. The van der Waals surface area contributed by atoms with Gasteiger partial charge < -0.3 is 14.6 Å². The van der Waals surface area contributed by atoms with Crippen LogP contribution in [0.5, 0.6) is 0 Å². The third-order valence-corrected chi connectivity index (χ3v) is 3.29. The van der Waals surface area contributed by atoms with E-state index in [1.807, 2.05) is 27.7 Å². The van der Waals surface area contributed by atoms with Gasteiger partial charge in [0, 0.05) is 0 Å². The highest BCUT2D eigenvalue weighted by molar-refractivity contribution is 5.94. The monoisotopic (exact) mass is 265 g/mol. The first-order valence-electron chi connectivity index (χ1n) is 6.39. The summed E-state index contributed by atoms with van der Waals surface area (Å²) >= 11 is 0. The molecular formula is C13H19N3O3. The highest BCUT2D eigenvalue weighted by Gasteiger charge is 2.35. The molecule has 6 nitrogen and oxygen atoms in total. The summed E-state index contributed by atoms with van der Waals surface area (Å²) in [5.41, 5.74) is 0.810. The van der Waals surface area contributed by atoms with Crippen LogP contribution in [0.15, 0.2) is 4.42 Å². The Morgan fingerprint density at radius 1 is 1.42 bits per heavy atom. The lowest BCUT2D eigenvalue weighted by Gasteiger charge is -2.33. The summed E-state index contributed by atoms with van der Waals surface area (Å²) in [6, 6.07) is -0.460. The Morgan fingerprint density at radius 2 is 2.11 bits per heavy atom. The molecule has 0 bridgehead atoms. The highest BCUT2D eigenvalue weighted by atomic mass is 16.4. The zero-order valence-corrected chi connectivity index (χ0v) is 11.7. The maximum absolute atomic E-state index is 12.3. The minimum Gasteiger partial charge on any atom is -0.444 e. The van der Waals surface area contributed by atoms with E-state index in [0.29, 0.717) is 5.89 Å². The Morgan fingerprint density at radius 3 is 2.63 bits per heavy atom. The number of nitrogens with one attached hydrogen (secondary N) is 1. The number of carbonyl (C=O) groups is 2. The van der Waals surface area contributed by atoms with Crippen LogP contribution in [0.1, 0.15) is 31.2 Å². The molecule has 104 valence electrons. The molecule has 2 heterocycles. The number of carbonyl (C=O) groups excluding carboxylic acids is 2. The summed E-state index contributed by atoms with van der Waals surface area (Å²) in [5, 5.41) is 2.72. The number of aromatic nitrogens is 1. The number of nitrogens with zero attached hydrogens (tertiary/aromatic N) is 2. The van der Waals surface area contributed by atoms with Crippen LogP contribution in [0.2, 0.25) is 0 Å². The SMILES string of the molecule is Cc1nc(CN2CC(=O)NC(C(C)C)C2=O)oc1C. The molecule has 1 unspecified atom stereocenters. The Bertz CT molecular complexity index is 488. The van der Waals surface area contributed by atoms with E-state index in [1.165, 1.54) is 4.90 Å². The molecule has 1 aromatic rings. The first-order valence-corrected chi connectivity index (χ1v) is 6.39. The molecule has 0 aromatic carbocycles. The van der Waals surface area contributed by atoms with Crippen molar-refractivity contribution in [2.24, 2.45) is 5.92 Å². The molecule has 2 amide bonds. The Balaban J connectivity index is 2.14. The fourth-order valence-electron chi connectivity index (χ4n) is 2.08. The van der Waals surface area contributed by atoms with Crippen LogP contribution in [0, 0.1) is 19.8 Å². The smallest absolute Gasteiger partial charge is 0.246 e. The molecule has 0 spiro atoms. The van der Waals surface area contributed by atoms with Gasteiger partial charge in [-0.05, 0) is 19.8 Å². The van der Waals surface area contributed by atoms with Crippen molar-refractivity contribution < 1.29 is 14.0 Å². The maximum Gasteiger partial charge on any atom is 0.246 e. The van der Waals surface area contributed by atoms with Crippen molar-refractivity contribution >= 4 is 11.8 Å². The van der Waals surface area contributed by atoms with E-state index in [2.05, 4.69) is 10.3 Å². The number of hydrogen-bond acceptors (Lipinski definition) is 4. The molecule has 6 heteroatoms. The van der Waals surface area contributed by atoms with E-state index >= 15 is 0 Å². The average Bonchev–Trinajstić information content (AvgIpc) is 2.62. The Labute approximate surface area is 112 Å². The first-order chi connectivity index (χ1) is 8.88. The van der Waals surface area contributed by atoms with Crippen molar-refractivity contribution in [1.29, 1.82) is 0 Å². The van der Waals surface area contributed by atoms with Gasteiger partial charge >= 0.3 is 0 Å². The van der Waals surface area contributed by atoms with E-state index in [-0.39, 0.29) is 30.8 Å². The molecular weight excluding hydrogens is 246 g/mol. The lowest BCUT2D eigenvalue weighted by Crippen LogP contribution is -2.59. The van der Waals surface area contributed by atoms with Gasteiger partial charge in [-0.3, -0.25) is 9.59 Å². The van der Waals surface area contributed by atoms with E-state index in [4.69, 9.17) is 4.42 Å². The van der Waals surface area contributed by atoms with Crippen LogP contribution in [0.25, 0.3) is 0 Å². The van der Waals surface area contributed by atoms with Gasteiger partial charge in [-0.25, -0.2) is 4.98 Å². The lowest BCUT2D eigenvalue weighted by molar-refractivity contribution is -0.146. The molecule has 1 aliphatic heterocycles. The third kappa shape index (κ3) is 2.77. The number of piperazine rings is 1. The summed E-state index contributed by atoms with van der Waals surface area (Å²) in [5.74, 6) is 1.05. The summed E-state index contributed by atoms with van der Waals surface area (Å²) in [6.45, 7) is 7.79. The summed E-state index contributed by atoms with van der Waals surface area (Å²) < 4.78 is 5.46. The Kier molecular flexibility index (Phi) is 3.59. The van der Waals surface area contributed by atoms with E-state index in [9.17, 15) is 9.59 Å². The minimum atomic E-state index is -0.460. The molecule has 1 atom stereocenters. The van der Waals surface area contributed by atoms with Crippen molar-refractivity contribution in [1.82, 2.24) is 15.2 Å². The maximum atomic E-state index is 12.3. The third-order valence-electron chi connectivity index (χ3n) is 3.29. The predicted molar refractivity (Wildman–Crippen MR) is 68.2 cm³/mol. The molecule has 1 saturated heterocycles. The van der Waals surface area contributed by atoms with Crippen molar-refractivity contribution in [2.45, 2.75) is 40.3 Å². The second kappa shape index (κ2) is 5.03. The first kappa shape index (κ1) is 13.6. The van der Waals surface area contributed by atoms with Crippen LogP contribution >= 0.6 is 0 Å². The van der Waals surface area contributed by atoms with Gasteiger partial charge in [-0.15, -0.1) is 0 Å². The van der Waals surface area contributed by atoms with Crippen LogP contribution in [-0.4, -0.2) is 34.3 Å². The van der Waals surface area contributed by atoms with E-state index < -0.39 is 6.04 Å². The van der Waals surface area contributed by atoms with E-state index in [1.54, 1.807) is 0 Å². The number of oxazole rings is 1. The summed E-state index contributed by atoms with van der Waals surface area (Å²) in [7, 11) is 0.